The number of hydrogen-bond donors (Lipinski definition) is 1. The Hall–Kier alpha value is -0.0600. The Kier molecular flexibility index (Phi) is 4.05. The quantitative estimate of drug-likeness (QED) is 0.665. The van der Waals surface area contributed by atoms with E-state index >= 15 is 0 Å². The summed E-state index contributed by atoms with van der Waals surface area (Å²) in [4.78, 5) is 7.17. The topological polar surface area (TPSA) is 28.7 Å². The van der Waals surface area contributed by atoms with Crippen molar-refractivity contribution in [1.29, 1.82) is 0 Å². The van der Waals surface area contributed by atoms with E-state index in [1.807, 2.05) is 6.20 Å². The first kappa shape index (κ1) is 10.0. The second-order valence-electron chi connectivity index (χ2n) is 3.40. The maximum absolute atomic E-state index is 4.02. The molecule has 0 aliphatic rings. The van der Waals surface area contributed by atoms with E-state index in [2.05, 4.69) is 46.4 Å². The molecule has 0 spiro atoms. The highest BCUT2D eigenvalue weighted by Gasteiger charge is 2.10. The van der Waals surface area contributed by atoms with Gasteiger partial charge in [0.05, 0.1) is 6.33 Å². The zero-order chi connectivity index (χ0) is 8.97. The number of imidazole rings is 1. The molecule has 12 heavy (non-hydrogen) atoms. The Labute approximate surface area is 87.3 Å². The highest BCUT2D eigenvalue weighted by molar-refractivity contribution is 14.1. The van der Waals surface area contributed by atoms with Crippen molar-refractivity contribution in [2.24, 2.45) is 5.92 Å². The van der Waals surface area contributed by atoms with Crippen LogP contribution in [0.1, 0.15) is 31.9 Å². The van der Waals surface area contributed by atoms with Gasteiger partial charge in [-0.2, -0.15) is 0 Å². The molecule has 3 heteroatoms. The monoisotopic (exact) mass is 278 g/mol. The molecule has 0 saturated heterocycles. The van der Waals surface area contributed by atoms with Crippen molar-refractivity contribution in [1.82, 2.24) is 9.97 Å². The van der Waals surface area contributed by atoms with Crippen LogP contribution in [-0.4, -0.2) is 14.4 Å². The molecule has 0 radical (unpaired) electrons. The van der Waals surface area contributed by atoms with Crippen LogP contribution in [0.15, 0.2) is 12.5 Å². The smallest absolute Gasteiger partial charge is 0.0921 e. The van der Waals surface area contributed by atoms with Gasteiger partial charge in [-0.05, 0) is 18.3 Å². The maximum atomic E-state index is 4.02. The number of aromatic nitrogens is 2. The summed E-state index contributed by atoms with van der Waals surface area (Å²) in [5.74, 6) is 1.40. The minimum absolute atomic E-state index is 0.609. The lowest BCUT2D eigenvalue weighted by molar-refractivity contribution is 0.529. The molecule has 0 aliphatic heterocycles. The van der Waals surface area contributed by atoms with E-state index < -0.39 is 0 Å². The lowest BCUT2D eigenvalue weighted by Gasteiger charge is -2.13. The Morgan fingerprint density at radius 1 is 1.58 bits per heavy atom. The van der Waals surface area contributed by atoms with E-state index in [0.717, 1.165) is 5.92 Å². The zero-order valence-corrected chi connectivity index (χ0v) is 9.71. The third-order valence-electron chi connectivity index (χ3n) is 2.07. The Balaban J connectivity index is 2.44. The number of rotatable bonds is 4. The van der Waals surface area contributed by atoms with Crippen LogP contribution in [0.4, 0.5) is 0 Å². The summed E-state index contributed by atoms with van der Waals surface area (Å²) in [5, 5.41) is 0. The highest BCUT2D eigenvalue weighted by atomic mass is 127. The molecular formula is C9H15IN2. The standard InChI is InChI=1S/C9H15IN2/c1-7(4-10)3-8(2)9-5-11-6-12-9/h5-8H,3-4H2,1-2H3,(H,11,12). The Morgan fingerprint density at radius 2 is 2.33 bits per heavy atom. The van der Waals surface area contributed by atoms with Gasteiger partial charge in [-0.1, -0.05) is 36.4 Å². The van der Waals surface area contributed by atoms with Gasteiger partial charge in [0, 0.05) is 16.3 Å². The normalized spacial score (nSPS) is 15.9. The predicted molar refractivity (Wildman–Crippen MR) is 59.7 cm³/mol. The lowest BCUT2D eigenvalue weighted by atomic mass is 9.97. The van der Waals surface area contributed by atoms with Gasteiger partial charge in [0.15, 0.2) is 0 Å². The number of nitrogens with zero attached hydrogens (tertiary/aromatic N) is 1. The van der Waals surface area contributed by atoms with Crippen LogP contribution in [0.25, 0.3) is 0 Å². The van der Waals surface area contributed by atoms with Crippen molar-refractivity contribution in [3.05, 3.63) is 18.2 Å². The van der Waals surface area contributed by atoms with Gasteiger partial charge < -0.3 is 4.98 Å². The molecule has 1 aromatic heterocycles. The Bertz CT molecular complexity index is 208. The molecule has 2 nitrogen and oxygen atoms in total. The summed E-state index contributed by atoms with van der Waals surface area (Å²) >= 11 is 2.44. The summed E-state index contributed by atoms with van der Waals surface area (Å²) < 4.78 is 1.23. The molecule has 2 atom stereocenters. The van der Waals surface area contributed by atoms with E-state index in [-0.39, 0.29) is 0 Å². The maximum Gasteiger partial charge on any atom is 0.0921 e. The van der Waals surface area contributed by atoms with Gasteiger partial charge >= 0.3 is 0 Å². The first-order valence-corrected chi connectivity index (χ1v) is 5.80. The first-order chi connectivity index (χ1) is 5.74. The molecule has 1 N–H and O–H groups in total. The van der Waals surface area contributed by atoms with Crippen molar-refractivity contribution in [2.45, 2.75) is 26.2 Å². The van der Waals surface area contributed by atoms with Crippen molar-refractivity contribution in [3.8, 4) is 0 Å². The van der Waals surface area contributed by atoms with Gasteiger partial charge in [0.2, 0.25) is 0 Å². The third kappa shape index (κ3) is 2.77. The molecule has 68 valence electrons. The Morgan fingerprint density at radius 3 is 2.83 bits per heavy atom. The molecule has 0 amide bonds. The number of H-pyrrole nitrogens is 1. The van der Waals surface area contributed by atoms with Crippen LogP contribution in [-0.2, 0) is 0 Å². The van der Waals surface area contributed by atoms with Crippen LogP contribution in [0.3, 0.4) is 0 Å². The molecule has 0 fully saturated rings. The summed E-state index contributed by atoms with van der Waals surface area (Å²) in [6.07, 6.45) is 4.91. The van der Waals surface area contributed by atoms with Gasteiger partial charge in [-0.25, -0.2) is 4.98 Å². The fourth-order valence-electron chi connectivity index (χ4n) is 1.33. The van der Waals surface area contributed by atoms with Crippen LogP contribution in [0.5, 0.6) is 0 Å². The van der Waals surface area contributed by atoms with Crippen molar-refractivity contribution in [2.75, 3.05) is 4.43 Å². The van der Waals surface area contributed by atoms with Crippen LogP contribution in [0, 0.1) is 5.92 Å². The molecule has 0 aliphatic carbocycles. The van der Waals surface area contributed by atoms with Crippen LogP contribution in [0.2, 0.25) is 0 Å². The molecule has 0 bridgehead atoms. The zero-order valence-electron chi connectivity index (χ0n) is 7.55. The predicted octanol–water partition coefficient (Wildman–Crippen LogP) is 2.97. The van der Waals surface area contributed by atoms with Gasteiger partial charge in [-0.15, -0.1) is 0 Å². The van der Waals surface area contributed by atoms with Gasteiger partial charge in [-0.3, -0.25) is 0 Å². The highest BCUT2D eigenvalue weighted by Crippen LogP contribution is 2.21. The van der Waals surface area contributed by atoms with Gasteiger partial charge in [0.1, 0.15) is 0 Å². The fourth-order valence-corrected chi connectivity index (χ4v) is 1.69. The molecule has 0 aromatic carbocycles. The number of aromatic amines is 1. The number of nitrogens with one attached hydrogen (secondary N) is 1. The number of alkyl halides is 1. The molecule has 1 aromatic rings. The fraction of sp³-hybridized carbons (Fsp3) is 0.667. The molecular weight excluding hydrogens is 263 g/mol. The third-order valence-corrected chi connectivity index (χ3v) is 3.57. The molecule has 2 unspecified atom stereocenters. The van der Waals surface area contributed by atoms with E-state index in [4.69, 9.17) is 0 Å². The van der Waals surface area contributed by atoms with E-state index in [9.17, 15) is 0 Å². The van der Waals surface area contributed by atoms with Crippen LogP contribution < -0.4 is 0 Å². The van der Waals surface area contributed by atoms with Gasteiger partial charge in [0.25, 0.3) is 0 Å². The summed E-state index contributed by atoms with van der Waals surface area (Å²) in [7, 11) is 0. The lowest BCUT2D eigenvalue weighted by Crippen LogP contribution is -2.03. The second-order valence-corrected chi connectivity index (χ2v) is 4.28. The first-order valence-electron chi connectivity index (χ1n) is 4.28. The minimum Gasteiger partial charge on any atom is -0.348 e. The average molecular weight is 278 g/mol. The molecule has 1 rings (SSSR count). The van der Waals surface area contributed by atoms with E-state index in [1.165, 1.54) is 16.5 Å². The molecule has 0 saturated carbocycles. The van der Waals surface area contributed by atoms with Crippen LogP contribution >= 0.6 is 22.6 Å². The number of halogens is 1. The summed E-state index contributed by atoms with van der Waals surface area (Å²) in [5.41, 5.74) is 1.26. The second kappa shape index (κ2) is 4.84. The van der Waals surface area contributed by atoms with Crippen molar-refractivity contribution >= 4 is 22.6 Å². The number of hydrogen-bond acceptors (Lipinski definition) is 1. The van der Waals surface area contributed by atoms with Crippen molar-refractivity contribution in [3.63, 3.8) is 0 Å². The average Bonchev–Trinajstić information content (AvgIpc) is 2.56. The van der Waals surface area contributed by atoms with E-state index in [0.29, 0.717) is 5.92 Å². The largest absolute Gasteiger partial charge is 0.348 e. The molecule has 1 heterocycles. The minimum atomic E-state index is 0.609. The summed E-state index contributed by atoms with van der Waals surface area (Å²) in [6.45, 7) is 4.54. The SMILES string of the molecule is CC(CI)CC(C)c1cnc[nH]1. The summed E-state index contributed by atoms with van der Waals surface area (Å²) in [6, 6.07) is 0. The van der Waals surface area contributed by atoms with E-state index in [1.54, 1.807) is 6.33 Å². The van der Waals surface area contributed by atoms with Crippen molar-refractivity contribution < 1.29 is 0 Å².